The highest BCUT2D eigenvalue weighted by Gasteiger charge is 2.13. The van der Waals surface area contributed by atoms with Crippen molar-refractivity contribution in [3.63, 3.8) is 0 Å². The molecule has 0 fully saturated rings. The molecule has 59 valence electrons. The Bertz CT molecular complexity index is 370. The van der Waals surface area contributed by atoms with Crippen molar-refractivity contribution in [2.24, 2.45) is 0 Å². The van der Waals surface area contributed by atoms with Crippen LogP contribution in [0.1, 0.15) is 5.56 Å². The monoisotopic (exact) mass is 165 g/mol. The van der Waals surface area contributed by atoms with Gasteiger partial charge in [0.15, 0.2) is 0 Å². The maximum atomic E-state index is 12.4. The van der Waals surface area contributed by atoms with Gasteiger partial charge in [-0.15, -0.1) is 0 Å². The van der Waals surface area contributed by atoms with Crippen LogP contribution in [-0.4, -0.2) is 4.92 Å². The quantitative estimate of drug-likeness (QED) is 0.466. The molecule has 0 N–H and O–H groups in total. The summed E-state index contributed by atoms with van der Waals surface area (Å²) in [5.41, 5.74) is -0.727. The smallest absolute Gasteiger partial charge is 0.258 e. The van der Waals surface area contributed by atoms with Crippen molar-refractivity contribution >= 4 is 5.69 Å². The molecule has 0 spiro atoms. The third-order valence-corrected chi connectivity index (χ3v) is 1.21. The van der Waals surface area contributed by atoms with E-state index in [2.05, 4.69) is 0 Å². The number of benzene rings is 1. The number of nitrogens with zero attached hydrogens (tertiary/aromatic N) is 2. The number of hydrogen-bond donors (Lipinski definition) is 0. The zero-order valence-electron chi connectivity index (χ0n) is 5.74. The summed E-state index contributed by atoms with van der Waals surface area (Å²) in [4.78, 5) is 9.45. The van der Waals surface area contributed by atoms with Gasteiger partial charge in [-0.25, -0.2) is 4.39 Å². The van der Waals surface area contributed by atoms with E-state index in [1.165, 1.54) is 6.07 Å². The third-order valence-electron chi connectivity index (χ3n) is 1.21. The number of rotatable bonds is 1. The van der Waals surface area contributed by atoms with Crippen LogP contribution in [0.5, 0.6) is 0 Å². The molecule has 1 aromatic rings. The lowest BCUT2D eigenvalue weighted by molar-refractivity contribution is -0.385. The Labute approximate surface area is 67.0 Å². The minimum atomic E-state index is -0.780. The topological polar surface area (TPSA) is 66.9 Å². The molecule has 1 aromatic carbocycles. The van der Waals surface area contributed by atoms with Crippen LogP contribution >= 0.6 is 0 Å². The highest BCUT2D eigenvalue weighted by atomic mass is 19.1. The van der Waals surface area contributed by atoms with E-state index >= 15 is 0 Å². The van der Waals surface area contributed by atoms with Crippen LogP contribution in [-0.2, 0) is 0 Å². The lowest BCUT2D eigenvalue weighted by atomic mass is 10.2. The molecule has 0 aliphatic carbocycles. The van der Waals surface area contributed by atoms with E-state index in [0.29, 0.717) is 0 Å². The van der Waals surface area contributed by atoms with Gasteiger partial charge >= 0.3 is 0 Å². The Morgan fingerprint density at radius 3 is 2.92 bits per heavy atom. The molecular weight excluding hydrogens is 163 g/mol. The van der Waals surface area contributed by atoms with Crippen molar-refractivity contribution in [3.05, 3.63) is 39.7 Å². The molecule has 0 amide bonds. The fourth-order valence-electron chi connectivity index (χ4n) is 0.698. The standard InChI is InChI=1S/C7H2FN2O2/c8-6-1-2-7(10(11)12)5(3-6)4-9/h2-3H. The minimum absolute atomic E-state index is 0.295. The van der Waals surface area contributed by atoms with Crippen molar-refractivity contribution in [1.29, 1.82) is 5.26 Å². The first kappa shape index (κ1) is 8.14. The van der Waals surface area contributed by atoms with Crippen LogP contribution < -0.4 is 0 Å². The van der Waals surface area contributed by atoms with E-state index in [4.69, 9.17) is 5.26 Å². The molecule has 0 aromatic heterocycles. The van der Waals surface area contributed by atoms with Gasteiger partial charge in [-0.05, 0) is 6.07 Å². The molecule has 0 saturated heterocycles. The second-order valence-electron chi connectivity index (χ2n) is 1.95. The van der Waals surface area contributed by atoms with Crippen LogP contribution in [0.4, 0.5) is 10.1 Å². The maximum Gasteiger partial charge on any atom is 0.287 e. The van der Waals surface area contributed by atoms with Gasteiger partial charge < -0.3 is 0 Å². The summed E-state index contributed by atoms with van der Waals surface area (Å²) < 4.78 is 12.4. The van der Waals surface area contributed by atoms with Crippen molar-refractivity contribution in [1.82, 2.24) is 0 Å². The average molecular weight is 165 g/mol. The first-order chi connectivity index (χ1) is 5.65. The Morgan fingerprint density at radius 1 is 1.75 bits per heavy atom. The van der Waals surface area contributed by atoms with E-state index in [1.807, 2.05) is 6.07 Å². The summed E-state index contributed by atoms with van der Waals surface area (Å²) in [6.07, 6.45) is 0. The zero-order valence-corrected chi connectivity index (χ0v) is 5.74. The molecule has 4 nitrogen and oxygen atoms in total. The normalized spacial score (nSPS) is 9.00. The van der Waals surface area contributed by atoms with Gasteiger partial charge in [-0.2, -0.15) is 5.26 Å². The van der Waals surface area contributed by atoms with Crippen LogP contribution in [0.25, 0.3) is 0 Å². The fourth-order valence-corrected chi connectivity index (χ4v) is 0.698. The van der Waals surface area contributed by atoms with Gasteiger partial charge in [0.25, 0.3) is 5.69 Å². The molecule has 0 bridgehead atoms. The maximum absolute atomic E-state index is 12.4. The van der Waals surface area contributed by atoms with Crippen LogP contribution in [0.2, 0.25) is 0 Å². The van der Waals surface area contributed by atoms with E-state index in [1.54, 1.807) is 0 Å². The molecule has 0 atom stereocenters. The summed E-state index contributed by atoms with van der Waals surface area (Å²) in [6.45, 7) is 0. The van der Waals surface area contributed by atoms with Crippen molar-refractivity contribution in [2.75, 3.05) is 0 Å². The van der Waals surface area contributed by atoms with Crippen molar-refractivity contribution < 1.29 is 9.31 Å². The van der Waals surface area contributed by atoms with Gasteiger partial charge in [0, 0.05) is 12.1 Å². The van der Waals surface area contributed by atoms with Crippen LogP contribution in [0.3, 0.4) is 0 Å². The summed E-state index contributed by atoms with van der Waals surface area (Å²) in [7, 11) is 0. The SMILES string of the molecule is N#Cc1cc(F)[c]cc1[N+](=O)[O-]. The van der Waals surface area contributed by atoms with E-state index in [9.17, 15) is 14.5 Å². The van der Waals surface area contributed by atoms with Gasteiger partial charge in [0.1, 0.15) is 17.4 Å². The molecule has 5 heteroatoms. The minimum Gasteiger partial charge on any atom is -0.258 e. The third kappa shape index (κ3) is 1.37. The van der Waals surface area contributed by atoms with Crippen molar-refractivity contribution in [3.8, 4) is 6.07 Å². The van der Waals surface area contributed by atoms with Crippen LogP contribution in [0.15, 0.2) is 12.1 Å². The van der Waals surface area contributed by atoms with E-state index < -0.39 is 16.4 Å². The predicted molar refractivity (Wildman–Crippen MR) is 36.6 cm³/mol. The largest absolute Gasteiger partial charge is 0.287 e. The molecular formula is C7H2FN2O2. The molecule has 1 rings (SSSR count). The van der Waals surface area contributed by atoms with Gasteiger partial charge in [-0.1, -0.05) is 0 Å². The molecule has 0 unspecified atom stereocenters. The number of halogens is 1. The Morgan fingerprint density at radius 2 is 2.42 bits per heavy atom. The summed E-state index contributed by atoms with van der Waals surface area (Å²) in [5.74, 6) is -0.780. The number of nitriles is 1. The molecule has 0 aliphatic heterocycles. The molecule has 12 heavy (non-hydrogen) atoms. The van der Waals surface area contributed by atoms with Crippen LogP contribution in [0, 0.1) is 33.3 Å². The number of nitro groups is 1. The zero-order chi connectivity index (χ0) is 9.14. The fraction of sp³-hybridized carbons (Fsp3) is 0. The van der Waals surface area contributed by atoms with Gasteiger partial charge in [0.05, 0.1) is 4.92 Å². The molecule has 0 saturated carbocycles. The highest BCUT2D eigenvalue weighted by molar-refractivity contribution is 5.47. The molecule has 0 heterocycles. The summed E-state index contributed by atoms with van der Waals surface area (Å²) >= 11 is 0. The summed E-state index contributed by atoms with van der Waals surface area (Å²) in [6, 6.07) is 5.13. The van der Waals surface area contributed by atoms with Crippen molar-refractivity contribution in [2.45, 2.75) is 0 Å². The lowest BCUT2D eigenvalue weighted by Crippen LogP contribution is -1.92. The molecule has 0 aliphatic rings. The Balaban J connectivity index is 3.32. The lowest BCUT2D eigenvalue weighted by Gasteiger charge is -1.92. The summed E-state index contributed by atoms with van der Waals surface area (Å²) in [5, 5.41) is 18.6. The first-order valence-corrected chi connectivity index (χ1v) is 2.91. The average Bonchev–Trinajstić information content (AvgIpc) is 2.03. The Kier molecular flexibility index (Phi) is 2.01. The van der Waals surface area contributed by atoms with E-state index in [0.717, 1.165) is 12.1 Å². The van der Waals surface area contributed by atoms with E-state index in [-0.39, 0.29) is 5.56 Å². The highest BCUT2D eigenvalue weighted by Crippen LogP contribution is 2.17. The Hall–Kier alpha value is -1.96. The number of nitro benzene ring substituents is 1. The second kappa shape index (κ2) is 2.96. The van der Waals surface area contributed by atoms with Gasteiger partial charge in [-0.3, -0.25) is 10.1 Å². The second-order valence-corrected chi connectivity index (χ2v) is 1.95. The predicted octanol–water partition coefficient (Wildman–Crippen LogP) is 1.41. The first-order valence-electron chi connectivity index (χ1n) is 2.91. The molecule has 1 radical (unpaired) electrons. The number of hydrogen-bond acceptors (Lipinski definition) is 3. The van der Waals surface area contributed by atoms with Gasteiger partial charge in [0.2, 0.25) is 0 Å².